The van der Waals surface area contributed by atoms with Gasteiger partial charge in [0.1, 0.15) is 22.3 Å². The Hall–Kier alpha value is -6.78. The lowest BCUT2D eigenvalue weighted by Gasteiger charge is -2.11. The van der Waals surface area contributed by atoms with Crippen LogP contribution in [0, 0.1) is 0 Å². The molecule has 3 aromatic heterocycles. The van der Waals surface area contributed by atoms with Crippen molar-refractivity contribution >= 4 is 43.9 Å². The summed E-state index contributed by atoms with van der Waals surface area (Å²) in [4.78, 5) is 10.0. The van der Waals surface area contributed by atoms with Crippen LogP contribution in [0.15, 0.2) is 179 Å². The normalized spacial score (nSPS) is 11.6. The van der Waals surface area contributed by atoms with E-state index in [-0.39, 0.29) is 0 Å². The van der Waals surface area contributed by atoms with Gasteiger partial charge < -0.3 is 8.83 Å². The highest BCUT2D eigenvalue weighted by atomic mass is 16.3. The summed E-state index contributed by atoms with van der Waals surface area (Å²) in [5.41, 5.74) is 12.1. The third kappa shape index (κ3) is 4.46. The molecule has 50 heavy (non-hydrogen) atoms. The maximum absolute atomic E-state index is 7.03. The van der Waals surface area contributed by atoms with Crippen LogP contribution in [0.25, 0.3) is 99.9 Å². The molecular formula is C46H28N2O2. The van der Waals surface area contributed by atoms with Crippen molar-refractivity contribution in [2.45, 2.75) is 0 Å². The fourth-order valence-corrected chi connectivity index (χ4v) is 7.23. The molecular weight excluding hydrogens is 613 g/mol. The third-order valence-electron chi connectivity index (χ3n) is 9.56. The first-order valence-electron chi connectivity index (χ1n) is 16.7. The maximum atomic E-state index is 7.03. The highest BCUT2D eigenvalue weighted by Gasteiger charge is 2.24. The van der Waals surface area contributed by atoms with Crippen molar-refractivity contribution < 1.29 is 8.83 Å². The van der Waals surface area contributed by atoms with Crippen molar-refractivity contribution in [1.29, 1.82) is 0 Å². The molecule has 234 valence electrons. The SMILES string of the molecule is c1ccc(-c2ncc(-c3cccc4c3oc3c(-c5ccccc5)c5oc6c(-c7ccccc7)cccc6c5cc34)c(-c3ccccc3)n2)cc1. The minimum Gasteiger partial charge on any atom is -0.455 e. The topological polar surface area (TPSA) is 52.1 Å². The van der Waals surface area contributed by atoms with E-state index in [0.29, 0.717) is 5.82 Å². The van der Waals surface area contributed by atoms with E-state index in [1.54, 1.807) is 0 Å². The van der Waals surface area contributed by atoms with Crippen molar-refractivity contribution in [3.05, 3.63) is 170 Å². The van der Waals surface area contributed by atoms with Crippen molar-refractivity contribution in [3.63, 3.8) is 0 Å². The van der Waals surface area contributed by atoms with E-state index in [2.05, 4.69) is 103 Å². The van der Waals surface area contributed by atoms with Gasteiger partial charge in [-0.2, -0.15) is 0 Å². The summed E-state index contributed by atoms with van der Waals surface area (Å²) >= 11 is 0. The van der Waals surface area contributed by atoms with Crippen LogP contribution in [0.3, 0.4) is 0 Å². The number of para-hydroxylation sites is 2. The van der Waals surface area contributed by atoms with Crippen LogP contribution >= 0.6 is 0 Å². The molecule has 0 saturated heterocycles. The number of fused-ring (bicyclic) bond motifs is 6. The fraction of sp³-hybridized carbons (Fsp3) is 0. The minimum absolute atomic E-state index is 0.679. The number of rotatable bonds is 5. The molecule has 0 aliphatic rings. The van der Waals surface area contributed by atoms with Gasteiger partial charge in [-0.15, -0.1) is 0 Å². The second kappa shape index (κ2) is 11.4. The largest absolute Gasteiger partial charge is 0.455 e. The molecule has 4 heteroatoms. The maximum Gasteiger partial charge on any atom is 0.159 e. The van der Waals surface area contributed by atoms with E-state index in [4.69, 9.17) is 18.8 Å². The van der Waals surface area contributed by atoms with Crippen LogP contribution in [-0.2, 0) is 0 Å². The number of nitrogens with zero attached hydrogens (tertiary/aromatic N) is 2. The van der Waals surface area contributed by atoms with Gasteiger partial charge in [0.2, 0.25) is 0 Å². The lowest BCUT2D eigenvalue weighted by atomic mass is 9.96. The Kier molecular flexibility index (Phi) is 6.46. The summed E-state index contributed by atoms with van der Waals surface area (Å²) in [6, 6.07) is 56.2. The van der Waals surface area contributed by atoms with Crippen LogP contribution in [0.4, 0.5) is 0 Å². The van der Waals surface area contributed by atoms with Gasteiger partial charge in [0.05, 0.1) is 11.3 Å². The van der Waals surface area contributed by atoms with Crippen molar-refractivity contribution in [2.75, 3.05) is 0 Å². The van der Waals surface area contributed by atoms with Gasteiger partial charge in [-0.25, -0.2) is 9.97 Å². The van der Waals surface area contributed by atoms with Crippen molar-refractivity contribution in [3.8, 4) is 56.0 Å². The second-order valence-corrected chi connectivity index (χ2v) is 12.5. The average molecular weight is 641 g/mol. The second-order valence-electron chi connectivity index (χ2n) is 12.5. The fourth-order valence-electron chi connectivity index (χ4n) is 7.23. The Morgan fingerprint density at radius 1 is 0.360 bits per heavy atom. The van der Waals surface area contributed by atoms with E-state index in [0.717, 1.165) is 94.1 Å². The van der Waals surface area contributed by atoms with E-state index in [1.807, 2.05) is 66.9 Å². The first kappa shape index (κ1) is 28.3. The number of furan rings is 2. The summed E-state index contributed by atoms with van der Waals surface area (Å²) in [5, 5.41) is 4.18. The Bertz CT molecular complexity index is 2840. The van der Waals surface area contributed by atoms with Crippen LogP contribution in [-0.4, -0.2) is 9.97 Å². The molecule has 0 saturated carbocycles. The molecule has 7 aromatic carbocycles. The molecule has 0 radical (unpaired) electrons. The van der Waals surface area contributed by atoms with Gasteiger partial charge >= 0.3 is 0 Å². The Morgan fingerprint density at radius 2 is 0.860 bits per heavy atom. The summed E-state index contributed by atoms with van der Waals surface area (Å²) in [5.74, 6) is 0.679. The van der Waals surface area contributed by atoms with Crippen molar-refractivity contribution in [1.82, 2.24) is 9.97 Å². The van der Waals surface area contributed by atoms with Gasteiger partial charge in [0, 0.05) is 55.6 Å². The highest BCUT2D eigenvalue weighted by molar-refractivity contribution is 6.24. The molecule has 0 unspecified atom stereocenters. The molecule has 0 atom stereocenters. The van der Waals surface area contributed by atoms with Gasteiger partial charge in [0.25, 0.3) is 0 Å². The molecule has 0 aliphatic carbocycles. The molecule has 0 aliphatic heterocycles. The van der Waals surface area contributed by atoms with Crippen molar-refractivity contribution in [2.24, 2.45) is 0 Å². The van der Waals surface area contributed by atoms with Crippen LogP contribution in [0.5, 0.6) is 0 Å². The molecule has 10 rings (SSSR count). The molecule has 0 spiro atoms. The molecule has 4 nitrogen and oxygen atoms in total. The first-order chi connectivity index (χ1) is 24.8. The lowest BCUT2D eigenvalue weighted by molar-refractivity contribution is 0.659. The predicted molar refractivity (Wildman–Crippen MR) is 204 cm³/mol. The van der Waals surface area contributed by atoms with E-state index >= 15 is 0 Å². The molecule has 0 bridgehead atoms. The summed E-state index contributed by atoms with van der Waals surface area (Å²) < 4.78 is 13.9. The summed E-state index contributed by atoms with van der Waals surface area (Å²) in [6.07, 6.45) is 1.93. The molecule has 10 aromatic rings. The highest BCUT2D eigenvalue weighted by Crippen LogP contribution is 2.47. The van der Waals surface area contributed by atoms with Crippen LogP contribution in [0.1, 0.15) is 0 Å². The molecule has 0 N–H and O–H groups in total. The quantitative estimate of drug-likeness (QED) is 0.188. The zero-order valence-corrected chi connectivity index (χ0v) is 26.9. The standard InChI is InChI=1S/C46H28N2O2/c1-5-15-29(16-6-1)33-23-13-24-34-37-27-38-35-25-14-26-36(43(35)50-45(38)40(44(37)49-42(33)34)30-17-7-2-8-18-30)39-28-47-46(32-21-11-4-12-22-32)48-41(39)31-19-9-3-10-20-31/h1-28H. The zero-order chi connectivity index (χ0) is 33.0. The van der Waals surface area contributed by atoms with E-state index in [1.165, 1.54) is 0 Å². The molecule has 3 heterocycles. The predicted octanol–water partition coefficient (Wildman–Crippen LogP) is 12.6. The van der Waals surface area contributed by atoms with E-state index < -0.39 is 0 Å². The minimum atomic E-state index is 0.679. The Balaban J connectivity index is 1.27. The number of benzene rings is 7. The Morgan fingerprint density at radius 3 is 1.46 bits per heavy atom. The summed E-state index contributed by atoms with van der Waals surface area (Å²) in [6.45, 7) is 0. The number of aromatic nitrogens is 2. The summed E-state index contributed by atoms with van der Waals surface area (Å²) in [7, 11) is 0. The zero-order valence-electron chi connectivity index (χ0n) is 26.9. The molecule has 0 amide bonds. The monoisotopic (exact) mass is 640 g/mol. The van der Waals surface area contributed by atoms with Gasteiger partial charge in [-0.05, 0) is 17.2 Å². The van der Waals surface area contributed by atoms with E-state index in [9.17, 15) is 0 Å². The van der Waals surface area contributed by atoms with Gasteiger partial charge in [-0.3, -0.25) is 0 Å². The smallest absolute Gasteiger partial charge is 0.159 e. The number of hydrogen-bond acceptors (Lipinski definition) is 4. The third-order valence-corrected chi connectivity index (χ3v) is 9.56. The average Bonchev–Trinajstić information content (AvgIpc) is 3.76. The first-order valence-corrected chi connectivity index (χ1v) is 16.7. The van der Waals surface area contributed by atoms with Crippen LogP contribution < -0.4 is 0 Å². The van der Waals surface area contributed by atoms with Crippen LogP contribution in [0.2, 0.25) is 0 Å². The number of hydrogen-bond donors (Lipinski definition) is 0. The lowest BCUT2D eigenvalue weighted by Crippen LogP contribution is -1.96. The van der Waals surface area contributed by atoms with Gasteiger partial charge in [0.15, 0.2) is 5.82 Å². The molecule has 0 fully saturated rings. The van der Waals surface area contributed by atoms with Gasteiger partial charge in [-0.1, -0.05) is 158 Å². The Labute approximate surface area is 287 Å².